The quantitative estimate of drug-likeness (QED) is 0.0821. The van der Waals surface area contributed by atoms with E-state index in [1.165, 1.54) is 193 Å². The summed E-state index contributed by atoms with van der Waals surface area (Å²) in [6.45, 7) is 9.35. The van der Waals surface area contributed by atoms with E-state index in [4.69, 9.17) is 0 Å². The summed E-state index contributed by atoms with van der Waals surface area (Å²) < 4.78 is 0. The molecule has 0 heteroatoms. The summed E-state index contributed by atoms with van der Waals surface area (Å²) in [5.41, 5.74) is 0. The predicted molar refractivity (Wildman–Crippen MR) is 168 cm³/mol. The van der Waals surface area contributed by atoms with Crippen LogP contribution in [0.3, 0.4) is 0 Å². The van der Waals surface area contributed by atoms with Gasteiger partial charge in [0.1, 0.15) is 0 Å². The highest BCUT2D eigenvalue weighted by molar-refractivity contribution is 4.89. The maximum Gasteiger partial charge on any atom is -0.0241 e. The smallest absolute Gasteiger partial charge is 0.0241 e. The molecule has 0 aromatic carbocycles. The second-order valence-corrected chi connectivity index (χ2v) is 12.7. The molecule has 0 atom stereocenters. The van der Waals surface area contributed by atoms with Crippen LogP contribution in [0.4, 0.5) is 0 Å². The van der Waals surface area contributed by atoms with Gasteiger partial charge >= 0.3 is 0 Å². The molecule has 0 aromatic rings. The number of unbranched alkanes of at least 4 members (excludes halogenated alkanes) is 23. The van der Waals surface area contributed by atoms with Gasteiger partial charge in [-0.2, -0.15) is 0 Å². The van der Waals surface area contributed by atoms with Crippen molar-refractivity contribution in [3.8, 4) is 0 Å². The van der Waals surface area contributed by atoms with Crippen molar-refractivity contribution in [2.75, 3.05) is 0 Å². The molecular formula is C36H73. The molecule has 36 heavy (non-hydrogen) atoms. The molecule has 0 aliphatic heterocycles. The van der Waals surface area contributed by atoms with Gasteiger partial charge in [-0.15, -0.1) is 0 Å². The van der Waals surface area contributed by atoms with Gasteiger partial charge in [-0.1, -0.05) is 201 Å². The molecule has 0 unspecified atom stereocenters. The Morgan fingerprint density at radius 1 is 0.333 bits per heavy atom. The maximum atomic E-state index is 2.35. The van der Waals surface area contributed by atoms with Gasteiger partial charge in [-0.05, 0) is 31.1 Å². The zero-order valence-corrected chi connectivity index (χ0v) is 26.3. The van der Waals surface area contributed by atoms with Crippen LogP contribution in [0.25, 0.3) is 0 Å². The van der Waals surface area contributed by atoms with Crippen molar-refractivity contribution in [3.63, 3.8) is 0 Å². The largest absolute Gasteiger partial charge is 0.0654 e. The average Bonchev–Trinajstić information content (AvgIpc) is 2.87. The molecule has 0 fully saturated rings. The number of hydrogen-bond acceptors (Lipinski definition) is 0. The first-order valence-electron chi connectivity index (χ1n) is 17.5. The van der Waals surface area contributed by atoms with Gasteiger partial charge in [0.2, 0.25) is 0 Å². The molecule has 0 amide bonds. The molecular weight excluding hydrogens is 432 g/mol. The molecule has 0 N–H and O–H groups in total. The summed E-state index contributed by atoms with van der Waals surface area (Å²) in [5, 5.41) is 0. The minimum Gasteiger partial charge on any atom is -0.0654 e. The minimum atomic E-state index is 0.894. The van der Waals surface area contributed by atoms with Crippen molar-refractivity contribution < 1.29 is 0 Å². The Labute approximate surface area is 232 Å². The molecule has 0 bridgehead atoms. The Morgan fingerprint density at radius 3 is 0.861 bits per heavy atom. The summed E-state index contributed by atoms with van der Waals surface area (Å²) >= 11 is 0. The molecule has 0 rings (SSSR count). The van der Waals surface area contributed by atoms with E-state index < -0.39 is 0 Å². The van der Waals surface area contributed by atoms with Crippen LogP contribution in [-0.4, -0.2) is 0 Å². The van der Waals surface area contributed by atoms with E-state index in [-0.39, 0.29) is 0 Å². The zero-order chi connectivity index (χ0) is 26.4. The van der Waals surface area contributed by atoms with Crippen LogP contribution in [0.5, 0.6) is 0 Å². The second kappa shape index (κ2) is 31.2. The predicted octanol–water partition coefficient (Wildman–Crippen LogP) is 14.0. The number of rotatable bonds is 31. The van der Waals surface area contributed by atoms with E-state index in [0.717, 1.165) is 5.92 Å². The molecule has 0 heterocycles. The third-order valence-corrected chi connectivity index (χ3v) is 8.33. The van der Waals surface area contributed by atoms with Crippen molar-refractivity contribution in [1.29, 1.82) is 0 Å². The molecule has 1 radical (unpaired) electrons. The molecule has 0 spiro atoms. The Kier molecular flexibility index (Phi) is 31.2. The molecule has 0 aliphatic rings. The highest BCUT2D eigenvalue weighted by atomic mass is 14.1. The van der Waals surface area contributed by atoms with E-state index in [1.807, 2.05) is 5.92 Å². The first-order valence-corrected chi connectivity index (χ1v) is 17.5. The lowest BCUT2D eigenvalue weighted by Crippen LogP contribution is -1.99. The fourth-order valence-electron chi connectivity index (χ4n) is 5.73. The third-order valence-electron chi connectivity index (χ3n) is 8.33. The topological polar surface area (TPSA) is 0 Å². The van der Waals surface area contributed by atoms with Gasteiger partial charge in [0.05, 0.1) is 0 Å². The lowest BCUT2D eigenvalue weighted by Gasteiger charge is -2.16. The summed E-state index contributed by atoms with van der Waals surface area (Å²) in [5.74, 6) is 2.82. The van der Waals surface area contributed by atoms with Crippen LogP contribution in [0.15, 0.2) is 0 Å². The van der Waals surface area contributed by atoms with Crippen LogP contribution >= 0.6 is 0 Å². The highest BCUT2D eigenvalue weighted by Crippen LogP contribution is 2.26. The molecule has 0 saturated carbocycles. The van der Waals surface area contributed by atoms with E-state index in [9.17, 15) is 0 Å². The maximum absolute atomic E-state index is 2.35. The van der Waals surface area contributed by atoms with Crippen LogP contribution in [0, 0.1) is 11.8 Å². The Balaban J connectivity index is 3.55. The summed E-state index contributed by atoms with van der Waals surface area (Å²) in [4.78, 5) is 0. The van der Waals surface area contributed by atoms with Gasteiger partial charge in [-0.3, -0.25) is 0 Å². The molecule has 0 nitrogen and oxygen atoms in total. The monoisotopic (exact) mass is 506 g/mol. The van der Waals surface area contributed by atoms with Crippen molar-refractivity contribution in [1.82, 2.24) is 0 Å². The fourth-order valence-corrected chi connectivity index (χ4v) is 5.73. The van der Waals surface area contributed by atoms with Crippen LogP contribution in [-0.2, 0) is 0 Å². The Morgan fingerprint density at radius 2 is 0.583 bits per heavy atom. The lowest BCUT2D eigenvalue weighted by atomic mass is 9.89. The summed E-state index contributed by atoms with van der Waals surface area (Å²) in [6.07, 6.45) is 43.8. The SMILES string of the molecule is CCCCCCCC[C](CCCCCCC)CCCCCCCCCCCCCCCCCC(C)C. The Bertz CT molecular complexity index is 370. The first kappa shape index (κ1) is 36.0. The van der Waals surface area contributed by atoms with Crippen molar-refractivity contribution in [2.24, 2.45) is 5.92 Å². The minimum absolute atomic E-state index is 0.894. The standard InChI is InChI=1S/C36H73/c1-5-7-9-11-25-29-33-36(32-28-23-10-8-6-2)34-30-26-22-20-18-16-14-12-13-15-17-19-21-24-27-31-35(3)4/h35H,5-34H2,1-4H3. The van der Waals surface area contributed by atoms with Crippen molar-refractivity contribution >= 4 is 0 Å². The first-order chi connectivity index (χ1) is 17.7. The van der Waals surface area contributed by atoms with Gasteiger partial charge in [-0.25, -0.2) is 0 Å². The van der Waals surface area contributed by atoms with E-state index in [1.54, 1.807) is 0 Å². The van der Waals surface area contributed by atoms with Gasteiger partial charge in [0, 0.05) is 0 Å². The van der Waals surface area contributed by atoms with Gasteiger partial charge < -0.3 is 0 Å². The normalized spacial score (nSPS) is 11.8. The molecule has 0 saturated heterocycles. The van der Waals surface area contributed by atoms with Crippen LogP contribution < -0.4 is 0 Å². The second-order valence-electron chi connectivity index (χ2n) is 12.7. The molecule has 217 valence electrons. The zero-order valence-electron chi connectivity index (χ0n) is 26.3. The van der Waals surface area contributed by atoms with E-state index >= 15 is 0 Å². The van der Waals surface area contributed by atoms with E-state index in [0.29, 0.717) is 0 Å². The van der Waals surface area contributed by atoms with Gasteiger partial charge in [0.25, 0.3) is 0 Å². The highest BCUT2D eigenvalue weighted by Gasteiger charge is 2.09. The molecule has 0 aliphatic carbocycles. The third kappa shape index (κ3) is 30.2. The average molecular weight is 506 g/mol. The van der Waals surface area contributed by atoms with Crippen LogP contribution in [0.2, 0.25) is 0 Å². The number of hydrogen-bond donors (Lipinski definition) is 0. The summed E-state index contributed by atoms with van der Waals surface area (Å²) in [7, 11) is 0. The van der Waals surface area contributed by atoms with Crippen molar-refractivity contribution in [2.45, 2.75) is 220 Å². The molecule has 0 aromatic heterocycles. The van der Waals surface area contributed by atoms with Gasteiger partial charge in [0.15, 0.2) is 0 Å². The fraction of sp³-hybridized carbons (Fsp3) is 0.972. The van der Waals surface area contributed by atoms with E-state index in [2.05, 4.69) is 27.7 Å². The van der Waals surface area contributed by atoms with Crippen LogP contribution in [0.1, 0.15) is 220 Å². The summed E-state index contributed by atoms with van der Waals surface area (Å²) in [6, 6.07) is 0. The van der Waals surface area contributed by atoms with Crippen molar-refractivity contribution in [3.05, 3.63) is 5.92 Å². The lowest BCUT2D eigenvalue weighted by molar-refractivity contribution is 0.499. The Hall–Kier alpha value is 0.